The molecule has 96 valence electrons. The van der Waals surface area contributed by atoms with E-state index in [2.05, 4.69) is 6.07 Å². The first-order chi connectivity index (χ1) is 9.31. The second-order valence-electron chi connectivity index (χ2n) is 4.00. The number of rotatable bonds is 5. The molecule has 0 aliphatic carbocycles. The van der Waals surface area contributed by atoms with Gasteiger partial charge in [-0.2, -0.15) is 5.26 Å². The van der Waals surface area contributed by atoms with Gasteiger partial charge in [0, 0.05) is 0 Å². The second kappa shape index (κ2) is 6.46. The minimum absolute atomic E-state index is 0.486. The zero-order valence-electron chi connectivity index (χ0n) is 10.8. The minimum Gasteiger partial charge on any atom is -0.494 e. The SMILES string of the molecule is CCOc1ccc(OCc2ccc(C#N)cc2)cc1. The highest BCUT2D eigenvalue weighted by atomic mass is 16.5. The van der Waals surface area contributed by atoms with Crippen LogP contribution in [-0.4, -0.2) is 6.61 Å². The molecule has 2 rings (SSSR count). The van der Waals surface area contributed by atoms with E-state index in [-0.39, 0.29) is 0 Å². The normalized spacial score (nSPS) is 9.68. The van der Waals surface area contributed by atoms with Crippen molar-refractivity contribution in [1.29, 1.82) is 5.26 Å². The number of ether oxygens (including phenoxy) is 2. The molecule has 0 spiro atoms. The van der Waals surface area contributed by atoms with Gasteiger partial charge in [0.15, 0.2) is 0 Å². The molecule has 0 saturated carbocycles. The monoisotopic (exact) mass is 253 g/mol. The van der Waals surface area contributed by atoms with Crippen molar-refractivity contribution in [2.75, 3.05) is 6.61 Å². The third-order valence-corrected chi connectivity index (χ3v) is 2.62. The molecule has 2 aromatic carbocycles. The van der Waals surface area contributed by atoms with Gasteiger partial charge in [-0.25, -0.2) is 0 Å². The Morgan fingerprint density at radius 3 is 2.00 bits per heavy atom. The summed E-state index contributed by atoms with van der Waals surface area (Å²) < 4.78 is 11.0. The van der Waals surface area contributed by atoms with E-state index in [4.69, 9.17) is 14.7 Å². The Bertz CT molecular complexity index is 553. The lowest BCUT2D eigenvalue weighted by molar-refractivity contribution is 0.304. The maximum Gasteiger partial charge on any atom is 0.120 e. The van der Waals surface area contributed by atoms with Gasteiger partial charge < -0.3 is 9.47 Å². The molecule has 0 atom stereocenters. The average Bonchev–Trinajstić information content (AvgIpc) is 2.47. The zero-order valence-corrected chi connectivity index (χ0v) is 10.8. The molecule has 0 saturated heterocycles. The first kappa shape index (κ1) is 13.0. The molecule has 2 aromatic rings. The van der Waals surface area contributed by atoms with Gasteiger partial charge in [0.2, 0.25) is 0 Å². The van der Waals surface area contributed by atoms with Crippen LogP contribution in [0.3, 0.4) is 0 Å². The molecule has 0 heterocycles. The topological polar surface area (TPSA) is 42.2 Å². The van der Waals surface area contributed by atoms with E-state index in [0.717, 1.165) is 17.1 Å². The van der Waals surface area contributed by atoms with Gasteiger partial charge in [0.25, 0.3) is 0 Å². The van der Waals surface area contributed by atoms with Crippen LogP contribution in [0.25, 0.3) is 0 Å². The maximum absolute atomic E-state index is 8.71. The van der Waals surface area contributed by atoms with E-state index >= 15 is 0 Å². The Kier molecular flexibility index (Phi) is 4.41. The summed E-state index contributed by atoms with van der Waals surface area (Å²) in [7, 11) is 0. The molecule has 0 aliphatic heterocycles. The Balaban J connectivity index is 1.92. The Labute approximate surface area is 113 Å². The lowest BCUT2D eigenvalue weighted by Gasteiger charge is -2.07. The molecule has 3 heteroatoms. The van der Waals surface area contributed by atoms with E-state index in [0.29, 0.717) is 18.8 Å². The summed E-state index contributed by atoms with van der Waals surface area (Å²) in [5.41, 5.74) is 1.69. The fraction of sp³-hybridized carbons (Fsp3) is 0.188. The quantitative estimate of drug-likeness (QED) is 0.818. The van der Waals surface area contributed by atoms with Gasteiger partial charge in [-0.1, -0.05) is 12.1 Å². The average molecular weight is 253 g/mol. The summed E-state index contributed by atoms with van der Waals surface area (Å²) in [5.74, 6) is 1.64. The van der Waals surface area contributed by atoms with Crippen LogP contribution in [0.4, 0.5) is 0 Å². The van der Waals surface area contributed by atoms with Crippen molar-refractivity contribution in [3.8, 4) is 17.6 Å². The molecule has 3 nitrogen and oxygen atoms in total. The van der Waals surface area contributed by atoms with Crippen LogP contribution in [0.5, 0.6) is 11.5 Å². The molecule has 0 N–H and O–H groups in total. The van der Waals surface area contributed by atoms with Gasteiger partial charge in [-0.05, 0) is 48.9 Å². The number of nitriles is 1. The highest BCUT2D eigenvalue weighted by molar-refractivity contribution is 5.33. The van der Waals surface area contributed by atoms with Crippen molar-refractivity contribution >= 4 is 0 Å². The molecule has 0 aromatic heterocycles. The molecular weight excluding hydrogens is 238 g/mol. The third-order valence-electron chi connectivity index (χ3n) is 2.62. The number of hydrogen-bond donors (Lipinski definition) is 0. The summed E-state index contributed by atoms with van der Waals surface area (Å²) in [6.07, 6.45) is 0. The molecule has 0 fully saturated rings. The Morgan fingerprint density at radius 1 is 0.895 bits per heavy atom. The van der Waals surface area contributed by atoms with Gasteiger partial charge in [0.05, 0.1) is 18.2 Å². The summed E-state index contributed by atoms with van der Waals surface area (Å²) >= 11 is 0. The fourth-order valence-corrected chi connectivity index (χ4v) is 1.64. The van der Waals surface area contributed by atoms with Crippen molar-refractivity contribution in [3.63, 3.8) is 0 Å². The Morgan fingerprint density at radius 2 is 1.47 bits per heavy atom. The van der Waals surface area contributed by atoms with Crippen LogP contribution in [0.1, 0.15) is 18.1 Å². The van der Waals surface area contributed by atoms with Gasteiger partial charge >= 0.3 is 0 Å². The lowest BCUT2D eigenvalue weighted by Crippen LogP contribution is -1.96. The fourth-order valence-electron chi connectivity index (χ4n) is 1.64. The van der Waals surface area contributed by atoms with Gasteiger partial charge in [0.1, 0.15) is 18.1 Å². The van der Waals surface area contributed by atoms with Crippen LogP contribution in [0, 0.1) is 11.3 Å². The summed E-state index contributed by atoms with van der Waals surface area (Å²) in [5, 5.41) is 8.71. The van der Waals surface area contributed by atoms with E-state index < -0.39 is 0 Å². The van der Waals surface area contributed by atoms with Crippen LogP contribution < -0.4 is 9.47 Å². The predicted molar refractivity (Wildman–Crippen MR) is 73.1 cm³/mol. The smallest absolute Gasteiger partial charge is 0.120 e. The Hall–Kier alpha value is -2.47. The summed E-state index contributed by atoms with van der Waals surface area (Å²) in [4.78, 5) is 0. The zero-order chi connectivity index (χ0) is 13.5. The van der Waals surface area contributed by atoms with Crippen molar-refractivity contribution in [3.05, 3.63) is 59.7 Å². The molecule has 0 bridgehead atoms. The minimum atomic E-state index is 0.486. The van der Waals surface area contributed by atoms with Crippen molar-refractivity contribution < 1.29 is 9.47 Å². The van der Waals surface area contributed by atoms with Gasteiger partial charge in [-0.3, -0.25) is 0 Å². The van der Waals surface area contributed by atoms with E-state index in [1.165, 1.54) is 0 Å². The van der Waals surface area contributed by atoms with Crippen LogP contribution >= 0.6 is 0 Å². The largest absolute Gasteiger partial charge is 0.494 e. The molecule has 0 radical (unpaired) electrons. The first-order valence-electron chi connectivity index (χ1n) is 6.16. The van der Waals surface area contributed by atoms with Gasteiger partial charge in [-0.15, -0.1) is 0 Å². The summed E-state index contributed by atoms with van der Waals surface area (Å²) in [6, 6.07) is 17.0. The number of nitrogens with zero attached hydrogens (tertiary/aromatic N) is 1. The molecule has 0 unspecified atom stereocenters. The van der Waals surface area contributed by atoms with Crippen LogP contribution in [0.2, 0.25) is 0 Å². The second-order valence-corrected chi connectivity index (χ2v) is 4.00. The van der Waals surface area contributed by atoms with E-state index in [1.54, 1.807) is 12.1 Å². The third kappa shape index (κ3) is 3.75. The van der Waals surface area contributed by atoms with E-state index in [1.807, 2.05) is 43.3 Å². The first-order valence-corrected chi connectivity index (χ1v) is 6.16. The highest BCUT2D eigenvalue weighted by Crippen LogP contribution is 2.18. The van der Waals surface area contributed by atoms with Crippen molar-refractivity contribution in [2.24, 2.45) is 0 Å². The van der Waals surface area contributed by atoms with Crippen LogP contribution in [0.15, 0.2) is 48.5 Å². The molecule has 0 amide bonds. The summed E-state index contributed by atoms with van der Waals surface area (Å²) in [6.45, 7) is 3.10. The van der Waals surface area contributed by atoms with Crippen molar-refractivity contribution in [1.82, 2.24) is 0 Å². The van der Waals surface area contributed by atoms with Crippen LogP contribution in [-0.2, 0) is 6.61 Å². The molecular formula is C16H15NO2. The number of hydrogen-bond acceptors (Lipinski definition) is 3. The highest BCUT2D eigenvalue weighted by Gasteiger charge is 1.98. The maximum atomic E-state index is 8.71. The van der Waals surface area contributed by atoms with Crippen molar-refractivity contribution in [2.45, 2.75) is 13.5 Å². The number of benzene rings is 2. The van der Waals surface area contributed by atoms with E-state index in [9.17, 15) is 0 Å². The lowest BCUT2D eigenvalue weighted by atomic mass is 10.2. The molecule has 0 aliphatic rings. The molecule has 19 heavy (non-hydrogen) atoms. The predicted octanol–water partition coefficient (Wildman–Crippen LogP) is 3.54. The standard InChI is InChI=1S/C16H15NO2/c1-2-18-15-7-9-16(10-8-15)19-12-14-5-3-13(11-17)4-6-14/h3-10H,2,12H2,1H3.